The Morgan fingerprint density at radius 2 is 1.95 bits per heavy atom. The highest BCUT2D eigenvalue weighted by molar-refractivity contribution is 9.11. The number of non-ortho nitro benzene ring substituents is 1. The van der Waals surface area contributed by atoms with Crippen LogP contribution in [0.15, 0.2) is 39.5 Å². The number of nitrogens with zero attached hydrogens (tertiary/aromatic N) is 2. The molecule has 110 valence electrons. The van der Waals surface area contributed by atoms with Crippen molar-refractivity contribution in [2.24, 2.45) is 0 Å². The number of aromatic nitrogens is 1. The van der Waals surface area contributed by atoms with E-state index >= 15 is 0 Å². The maximum Gasteiger partial charge on any atom is 0.271 e. The number of ether oxygens (including phenoxy) is 1. The number of rotatable bonds is 5. The molecule has 21 heavy (non-hydrogen) atoms. The monoisotopic (exact) mass is 415 g/mol. The van der Waals surface area contributed by atoms with Crippen molar-refractivity contribution in [1.82, 2.24) is 10.3 Å². The number of hydrogen-bond acceptors (Lipinski definition) is 5. The van der Waals surface area contributed by atoms with E-state index in [-0.39, 0.29) is 5.69 Å². The van der Waals surface area contributed by atoms with E-state index in [1.54, 1.807) is 12.4 Å². The molecule has 0 aliphatic heterocycles. The van der Waals surface area contributed by atoms with Crippen LogP contribution in [0.3, 0.4) is 0 Å². The van der Waals surface area contributed by atoms with Gasteiger partial charge in [-0.2, -0.15) is 0 Å². The molecule has 2 aromatic rings. The second-order valence-corrected chi connectivity index (χ2v) is 5.87. The van der Waals surface area contributed by atoms with Crippen molar-refractivity contribution in [3.63, 3.8) is 0 Å². The molecule has 0 atom stereocenters. The third-order valence-electron chi connectivity index (χ3n) is 2.56. The summed E-state index contributed by atoms with van der Waals surface area (Å²) in [5.41, 5.74) is 0.951. The fourth-order valence-electron chi connectivity index (χ4n) is 1.69. The van der Waals surface area contributed by atoms with E-state index in [2.05, 4.69) is 42.2 Å². The summed E-state index contributed by atoms with van der Waals surface area (Å²) >= 11 is 6.56. The fourth-order valence-corrected chi connectivity index (χ4v) is 3.01. The summed E-state index contributed by atoms with van der Waals surface area (Å²) in [6.07, 6.45) is 3.32. The number of hydrogen-bond donors (Lipinski definition) is 1. The van der Waals surface area contributed by atoms with Crippen molar-refractivity contribution >= 4 is 37.5 Å². The van der Waals surface area contributed by atoms with Crippen LogP contribution in [-0.4, -0.2) is 17.0 Å². The van der Waals surface area contributed by atoms with E-state index in [0.29, 0.717) is 27.0 Å². The molecule has 8 heteroatoms. The topological polar surface area (TPSA) is 77.3 Å². The van der Waals surface area contributed by atoms with Gasteiger partial charge >= 0.3 is 0 Å². The number of halogens is 2. The first-order valence-electron chi connectivity index (χ1n) is 5.91. The van der Waals surface area contributed by atoms with Gasteiger partial charge in [-0.3, -0.25) is 15.1 Å². The Hall–Kier alpha value is -1.51. The molecule has 0 aliphatic rings. The molecular weight excluding hydrogens is 406 g/mol. The summed E-state index contributed by atoms with van der Waals surface area (Å²) in [4.78, 5) is 14.4. The molecule has 0 fully saturated rings. The first-order chi connectivity index (χ1) is 10.0. The van der Waals surface area contributed by atoms with E-state index in [1.165, 1.54) is 12.1 Å². The highest BCUT2D eigenvalue weighted by Crippen LogP contribution is 2.39. The minimum atomic E-state index is -0.464. The molecule has 2 rings (SSSR count). The maximum absolute atomic E-state index is 10.8. The van der Waals surface area contributed by atoms with Gasteiger partial charge in [0.25, 0.3) is 5.69 Å². The van der Waals surface area contributed by atoms with Crippen LogP contribution in [0.5, 0.6) is 11.5 Å². The summed E-state index contributed by atoms with van der Waals surface area (Å²) in [7, 11) is 1.84. The zero-order valence-corrected chi connectivity index (χ0v) is 14.1. The van der Waals surface area contributed by atoms with Crippen LogP contribution >= 0.6 is 31.9 Å². The Morgan fingerprint density at radius 3 is 2.52 bits per heavy atom. The van der Waals surface area contributed by atoms with Gasteiger partial charge in [0.05, 0.1) is 20.1 Å². The second-order valence-electron chi connectivity index (χ2n) is 4.16. The molecule has 0 amide bonds. The molecule has 0 spiro atoms. The molecule has 1 heterocycles. The molecule has 0 radical (unpaired) electrons. The fraction of sp³-hybridized carbons (Fsp3) is 0.154. The van der Waals surface area contributed by atoms with Crippen LogP contribution in [0.2, 0.25) is 0 Å². The first-order valence-corrected chi connectivity index (χ1v) is 7.49. The van der Waals surface area contributed by atoms with Gasteiger partial charge in [-0.15, -0.1) is 0 Å². The maximum atomic E-state index is 10.8. The predicted octanol–water partition coefficient (Wildman–Crippen LogP) is 4.03. The molecule has 1 N–H and O–H groups in total. The lowest BCUT2D eigenvalue weighted by atomic mass is 10.2. The van der Waals surface area contributed by atoms with E-state index in [0.717, 1.165) is 5.56 Å². The molecule has 0 saturated carbocycles. The normalized spacial score (nSPS) is 10.4. The highest BCUT2D eigenvalue weighted by Gasteiger charge is 2.16. The highest BCUT2D eigenvalue weighted by atomic mass is 79.9. The predicted molar refractivity (Wildman–Crippen MR) is 85.6 cm³/mol. The second kappa shape index (κ2) is 6.97. The van der Waals surface area contributed by atoms with Crippen LogP contribution < -0.4 is 10.1 Å². The number of nitro benzene ring substituents is 1. The van der Waals surface area contributed by atoms with Gasteiger partial charge in [-0.05, 0) is 50.5 Å². The third kappa shape index (κ3) is 3.99. The van der Waals surface area contributed by atoms with Crippen molar-refractivity contribution in [1.29, 1.82) is 0 Å². The SMILES string of the molecule is CNCc1cncc(Oc2c(Br)cc([N+](=O)[O-])cc2Br)c1. The van der Waals surface area contributed by atoms with Crippen LogP contribution in [-0.2, 0) is 6.54 Å². The molecule has 0 unspecified atom stereocenters. The zero-order valence-electron chi connectivity index (χ0n) is 11.0. The summed E-state index contributed by atoms with van der Waals surface area (Å²) in [5.74, 6) is 1.02. The first kappa shape index (κ1) is 15.9. The van der Waals surface area contributed by atoms with Gasteiger partial charge in [0.1, 0.15) is 5.75 Å². The molecule has 6 nitrogen and oxygen atoms in total. The van der Waals surface area contributed by atoms with Crippen LogP contribution in [0.25, 0.3) is 0 Å². The average molecular weight is 417 g/mol. The molecular formula is C13H11Br2N3O3. The number of nitro groups is 1. The number of benzene rings is 1. The van der Waals surface area contributed by atoms with E-state index in [1.807, 2.05) is 13.1 Å². The van der Waals surface area contributed by atoms with E-state index < -0.39 is 4.92 Å². The standard InChI is InChI=1S/C13H11Br2N3O3/c1-16-5-8-2-10(7-17-6-8)21-13-11(14)3-9(18(19)20)4-12(13)15/h2-4,6-7,16H,5H2,1H3. The van der Waals surface area contributed by atoms with Crippen molar-refractivity contribution < 1.29 is 9.66 Å². The zero-order chi connectivity index (χ0) is 15.4. The lowest BCUT2D eigenvalue weighted by Crippen LogP contribution is -2.05. The van der Waals surface area contributed by atoms with Crippen LogP contribution in [0.4, 0.5) is 5.69 Å². The Bertz CT molecular complexity index is 656. The largest absolute Gasteiger partial charge is 0.453 e. The Kier molecular flexibility index (Phi) is 5.27. The van der Waals surface area contributed by atoms with Gasteiger partial charge in [-0.25, -0.2) is 0 Å². The lowest BCUT2D eigenvalue weighted by Gasteiger charge is -2.10. The minimum absolute atomic E-state index is 0.0249. The van der Waals surface area contributed by atoms with Crippen molar-refractivity contribution in [3.05, 3.63) is 55.2 Å². The van der Waals surface area contributed by atoms with Crippen molar-refractivity contribution in [3.8, 4) is 11.5 Å². The van der Waals surface area contributed by atoms with E-state index in [9.17, 15) is 10.1 Å². The van der Waals surface area contributed by atoms with Crippen LogP contribution in [0.1, 0.15) is 5.56 Å². The Morgan fingerprint density at radius 1 is 1.29 bits per heavy atom. The summed E-state index contributed by atoms with van der Waals surface area (Å²) in [6, 6.07) is 4.64. The average Bonchev–Trinajstić information content (AvgIpc) is 2.43. The Labute approximate surface area is 137 Å². The molecule has 0 saturated heterocycles. The van der Waals surface area contributed by atoms with Crippen molar-refractivity contribution in [2.45, 2.75) is 6.54 Å². The number of nitrogens with one attached hydrogen (secondary N) is 1. The summed E-state index contributed by atoms with van der Waals surface area (Å²) in [5, 5.41) is 13.8. The summed E-state index contributed by atoms with van der Waals surface area (Å²) < 4.78 is 6.73. The number of pyridine rings is 1. The quantitative estimate of drug-likeness (QED) is 0.588. The van der Waals surface area contributed by atoms with E-state index in [4.69, 9.17) is 4.74 Å². The van der Waals surface area contributed by atoms with Gasteiger partial charge in [0.15, 0.2) is 5.75 Å². The lowest BCUT2D eigenvalue weighted by molar-refractivity contribution is -0.385. The van der Waals surface area contributed by atoms with Gasteiger partial charge in [0.2, 0.25) is 0 Å². The van der Waals surface area contributed by atoms with Gasteiger partial charge in [0, 0.05) is 24.9 Å². The third-order valence-corrected chi connectivity index (χ3v) is 3.74. The molecule has 1 aromatic carbocycles. The molecule has 0 bridgehead atoms. The van der Waals surface area contributed by atoms with Gasteiger partial charge < -0.3 is 10.1 Å². The van der Waals surface area contributed by atoms with Gasteiger partial charge in [-0.1, -0.05) is 0 Å². The molecule has 1 aromatic heterocycles. The Balaban J connectivity index is 2.31. The molecule has 0 aliphatic carbocycles. The smallest absolute Gasteiger partial charge is 0.271 e. The minimum Gasteiger partial charge on any atom is -0.453 e. The summed E-state index contributed by atoms with van der Waals surface area (Å²) in [6.45, 7) is 0.673. The van der Waals surface area contributed by atoms with Crippen molar-refractivity contribution in [2.75, 3.05) is 7.05 Å². The van der Waals surface area contributed by atoms with Crippen LogP contribution in [0, 0.1) is 10.1 Å².